The summed E-state index contributed by atoms with van der Waals surface area (Å²) in [7, 11) is -4.28. The Labute approximate surface area is 205 Å². The lowest BCUT2D eigenvalue weighted by Gasteiger charge is -2.17. The third-order valence-electron chi connectivity index (χ3n) is 4.83. The van der Waals surface area contributed by atoms with Crippen molar-refractivity contribution in [1.29, 1.82) is 0 Å². The molecule has 0 bridgehead atoms. The van der Waals surface area contributed by atoms with Gasteiger partial charge in [-0.1, -0.05) is 81.9 Å². The molecule has 0 aromatic rings. The van der Waals surface area contributed by atoms with Crippen molar-refractivity contribution in [2.45, 2.75) is 90.1 Å². The van der Waals surface area contributed by atoms with E-state index in [2.05, 4.69) is 35.8 Å². The van der Waals surface area contributed by atoms with Crippen molar-refractivity contribution in [3.05, 3.63) is 36.5 Å². The molecule has 0 saturated carbocycles. The molecule has 0 aromatic carbocycles. The van der Waals surface area contributed by atoms with Gasteiger partial charge in [0.15, 0.2) is 0 Å². The number of esters is 1. The molecule has 0 aliphatic carbocycles. The molecule has 0 amide bonds. The van der Waals surface area contributed by atoms with Crippen molar-refractivity contribution in [2.75, 3.05) is 26.4 Å². The van der Waals surface area contributed by atoms with Gasteiger partial charge in [-0.2, -0.15) is 0 Å². The quantitative estimate of drug-likeness (QED) is 0.0736. The van der Waals surface area contributed by atoms with E-state index in [0.717, 1.165) is 19.3 Å². The Hall–Kier alpha value is -1.28. The van der Waals surface area contributed by atoms with Crippen molar-refractivity contribution in [2.24, 2.45) is 5.73 Å². The van der Waals surface area contributed by atoms with Crippen LogP contribution in [0, 0.1) is 0 Å². The number of aliphatic hydroxyl groups is 1. The molecule has 2 atom stereocenters. The zero-order valence-corrected chi connectivity index (χ0v) is 21.7. The first-order chi connectivity index (χ1) is 16.4. The van der Waals surface area contributed by atoms with Crippen LogP contribution in [-0.4, -0.2) is 48.4 Å². The van der Waals surface area contributed by atoms with Crippen molar-refractivity contribution in [3.8, 4) is 0 Å². The second-order valence-corrected chi connectivity index (χ2v) is 9.47. The van der Waals surface area contributed by atoms with Gasteiger partial charge in [-0.25, -0.2) is 4.57 Å². The van der Waals surface area contributed by atoms with Gasteiger partial charge in [0, 0.05) is 13.0 Å². The molecule has 2 unspecified atom stereocenters. The smallest absolute Gasteiger partial charge is 0.457 e. The van der Waals surface area contributed by atoms with E-state index < -0.39 is 33.1 Å². The first kappa shape index (κ1) is 32.7. The summed E-state index contributed by atoms with van der Waals surface area (Å²) in [4.78, 5) is 21.3. The minimum Gasteiger partial charge on any atom is -0.457 e. The normalized spacial score (nSPS) is 14.8. The van der Waals surface area contributed by atoms with Crippen LogP contribution in [0.15, 0.2) is 36.5 Å². The summed E-state index contributed by atoms with van der Waals surface area (Å²) >= 11 is 0. The minimum atomic E-state index is -4.28. The average molecular weight is 504 g/mol. The van der Waals surface area contributed by atoms with Gasteiger partial charge in [-0.15, -0.1) is 0 Å². The lowest BCUT2D eigenvalue weighted by atomic mass is 10.1. The maximum absolute atomic E-state index is 11.8. The Bertz CT molecular complexity index is 622. The number of allylic oxidation sites excluding steroid dienone is 6. The molecule has 0 aliphatic heterocycles. The first-order valence-corrected chi connectivity index (χ1v) is 14.0. The highest BCUT2D eigenvalue weighted by Crippen LogP contribution is 2.42. The van der Waals surface area contributed by atoms with E-state index in [4.69, 9.17) is 15.0 Å². The number of ether oxygens (including phenoxy) is 1. The van der Waals surface area contributed by atoms with Gasteiger partial charge in [0.05, 0.1) is 19.8 Å². The fourth-order valence-corrected chi connectivity index (χ4v) is 3.72. The molecule has 198 valence electrons. The predicted octanol–water partition coefficient (Wildman–Crippen LogP) is 5.35. The molecular weight excluding hydrogens is 457 g/mol. The Morgan fingerprint density at radius 3 is 2.12 bits per heavy atom. The van der Waals surface area contributed by atoms with Crippen LogP contribution < -0.4 is 5.73 Å². The molecule has 4 N–H and O–H groups in total. The van der Waals surface area contributed by atoms with E-state index in [1.807, 2.05) is 12.2 Å². The number of phosphoric acid groups is 1. The summed E-state index contributed by atoms with van der Waals surface area (Å²) in [5.41, 5.74) is 5.19. The number of carbonyl (C=O) groups is 1. The molecule has 0 aromatic heterocycles. The fraction of sp³-hybridized carbons (Fsp3) is 0.720. The highest BCUT2D eigenvalue weighted by atomic mass is 31.2. The Balaban J connectivity index is 3.78. The van der Waals surface area contributed by atoms with Crippen molar-refractivity contribution in [3.63, 3.8) is 0 Å². The van der Waals surface area contributed by atoms with Crippen LogP contribution in [0.5, 0.6) is 0 Å². The number of nitrogens with two attached hydrogens (primary N) is 1. The average Bonchev–Trinajstić information content (AvgIpc) is 2.82. The summed E-state index contributed by atoms with van der Waals surface area (Å²) in [6.45, 7) is 1.18. The van der Waals surface area contributed by atoms with E-state index in [1.165, 1.54) is 44.9 Å². The summed E-state index contributed by atoms with van der Waals surface area (Å²) in [5.74, 6) is -0.524. The monoisotopic (exact) mass is 503 g/mol. The molecule has 0 saturated heterocycles. The van der Waals surface area contributed by atoms with Gasteiger partial charge in [-0.3, -0.25) is 13.8 Å². The second-order valence-electron chi connectivity index (χ2n) is 8.01. The number of hydrogen-bond acceptors (Lipinski definition) is 7. The van der Waals surface area contributed by atoms with E-state index in [1.54, 1.807) is 0 Å². The van der Waals surface area contributed by atoms with Crippen LogP contribution in [-0.2, 0) is 23.1 Å². The van der Waals surface area contributed by atoms with Crippen molar-refractivity contribution >= 4 is 13.8 Å². The van der Waals surface area contributed by atoms with E-state index in [0.29, 0.717) is 6.42 Å². The first-order valence-electron chi connectivity index (χ1n) is 12.5. The van der Waals surface area contributed by atoms with Crippen LogP contribution in [0.4, 0.5) is 0 Å². The van der Waals surface area contributed by atoms with Gasteiger partial charge in [0.2, 0.25) is 0 Å². The number of rotatable bonds is 23. The molecule has 0 spiro atoms. The zero-order chi connectivity index (χ0) is 25.3. The Kier molecular flexibility index (Phi) is 22.6. The van der Waals surface area contributed by atoms with Gasteiger partial charge in [-0.05, 0) is 32.1 Å². The number of carbonyl (C=O) groups excluding carboxylic acids is 1. The number of unbranched alkanes of at least 4 members (excludes halogenated alkanes) is 7. The van der Waals surface area contributed by atoms with E-state index in [9.17, 15) is 19.4 Å². The van der Waals surface area contributed by atoms with Crippen molar-refractivity contribution in [1.82, 2.24) is 0 Å². The van der Waals surface area contributed by atoms with Crippen LogP contribution in [0.3, 0.4) is 0 Å². The summed E-state index contributed by atoms with van der Waals surface area (Å²) in [6, 6.07) is 0. The molecule has 8 nitrogen and oxygen atoms in total. The predicted molar refractivity (Wildman–Crippen MR) is 136 cm³/mol. The maximum Gasteiger partial charge on any atom is 0.472 e. The topological polar surface area (TPSA) is 128 Å². The van der Waals surface area contributed by atoms with Gasteiger partial charge < -0.3 is 20.5 Å². The standard InChI is InChI=1S/C25H46NO7P/c1-2-3-4-5-6-7-8-9-10-11-12-13-14-15-16-17-18-19-25(28)33-24(22-27)23-32-34(29,30)31-21-20-26/h10-11,13-14,16-17,24,27H,2-9,12,15,18-23,26H2,1H3,(H,29,30)/b11-10-,14-13-,17-16-. The summed E-state index contributed by atoms with van der Waals surface area (Å²) in [6.07, 6.45) is 24.4. The lowest BCUT2D eigenvalue weighted by molar-refractivity contribution is -0.153. The minimum absolute atomic E-state index is 0.0615. The molecule has 0 aliphatic rings. The van der Waals surface area contributed by atoms with Crippen molar-refractivity contribution < 1.29 is 33.1 Å². The third kappa shape index (κ3) is 22.5. The lowest BCUT2D eigenvalue weighted by Crippen LogP contribution is -2.27. The van der Waals surface area contributed by atoms with E-state index >= 15 is 0 Å². The molecular formula is C25H46NO7P. The molecule has 0 heterocycles. The highest BCUT2D eigenvalue weighted by Gasteiger charge is 2.24. The number of hydrogen-bond donors (Lipinski definition) is 3. The van der Waals surface area contributed by atoms with Crippen LogP contribution >= 0.6 is 7.82 Å². The summed E-state index contributed by atoms with van der Waals surface area (Å²) in [5, 5.41) is 9.25. The molecule has 9 heteroatoms. The third-order valence-corrected chi connectivity index (χ3v) is 5.82. The zero-order valence-electron chi connectivity index (χ0n) is 20.8. The van der Waals surface area contributed by atoms with Gasteiger partial charge >= 0.3 is 13.8 Å². The number of phosphoric ester groups is 1. The SMILES string of the molecule is CCCCCCCCC/C=C\C/C=C\C/C=C\CCC(=O)OC(CO)COP(=O)(O)OCCN. The van der Waals surface area contributed by atoms with Crippen LogP contribution in [0.2, 0.25) is 0 Å². The van der Waals surface area contributed by atoms with E-state index in [-0.39, 0.29) is 19.6 Å². The molecule has 34 heavy (non-hydrogen) atoms. The highest BCUT2D eigenvalue weighted by molar-refractivity contribution is 7.47. The number of aliphatic hydroxyl groups excluding tert-OH is 1. The fourth-order valence-electron chi connectivity index (χ4n) is 2.95. The summed E-state index contributed by atoms with van der Waals surface area (Å²) < 4.78 is 25.8. The molecule has 0 fully saturated rings. The Morgan fingerprint density at radius 1 is 0.912 bits per heavy atom. The largest absolute Gasteiger partial charge is 0.472 e. The Morgan fingerprint density at radius 2 is 1.50 bits per heavy atom. The van der Waals surface area contributed by atoms with Gasteiger partial charge in [0.25, 0.3) is 0 Å². The molecule has 0 radical (unpaired) electrons. The van der Waals surface area contributed by atoms with Gasteiger partial charge in [0.1, 0.15) is 6.10 Å². The molecule has 0 rings (SSSR count). The second kappa shape index (κ2) is 23.5. The maximum atomic E-state index is 11.8. The van der Waals surface area contributed by atoms with Crippen LogP contribution in [0.25, 0.3) is 0 Å². The van der Waals surface area contributed by atoms with Crippen LogP contribution in [0.1, 0.15) is 84.0 Å².